The highest BCUT2D eigenvalue weighted by Gasteiger charge is 2.37. The van der Waals surface area contributed by atoms with Gasteiger partial charge in [-0.2, -0.15) is 0 Å². The Balaban J connectivity index is 1.54. The Hall–Kier alpha value is -3.20. The van der Waals surface area contributed by atoms with Crippen LogP contribution in [0.4, 0.5) is 11.5 Å². The molecule has 0 spiro atoms. The van der Waals surface area contributed by atoms with Crippen molar-refractivity contribution in [3.8, 4) is 11.3 Å². The van der Waals surface area contributed by atoms with Crippen LogP contribution in [0.15, 0.2) is 41.6 Å². The molecule has 1 amide bonds. The van der Waals surface area contributed by atoms with E-state index in [1.165, 1.54) is 19.2 Å². The molecule has 1 aliphatic heterocycles. The van der Waals surface area contributed by atoms with E-state index in [0.29, 0.717) is 37.1 Å². The number of anilines is 2. The molecule has 31 heavy (non-hydrogen) atoms. The predicted octanol–water partition coefficient (Wildman–Crippen LogP) is 1.08. The minimum absolute atomic E-state index is 0.0149. The molecule has 0 bridgehead atoms. The van der Waals surface area contributed by atoms with Gasteiger partial charge in [0.05, 0.1) is 11.7 Å². The Morgan fingerprint density at radius 1 is 1.29 bits per heavy atom. The van der Waals surface area contributed by atoms with E-state index in [4.69, 9.17) is 0 Å². The van der Waals surface area contributed by atoms with Crippen molar-refractivity contribution in [2.75, 3.05) is 50.5 Å². The quantitative estimate of drug-likeness (QED) is 0.518. The number of aromatic amines is 1. The molecular formula is C22H29N7O2. The number of carbonyl (C=O) groups excluding carboxylic acids is 1. The SMILES string of the molecule is CNC/C=C/C(=O)N1CC(N(CC2CC2)c2cc(-c3cc(NC)ncn3)c[nH]c2=O)C1. The minimum atomic E-state index is -0.119. The Kier molecular flexibility index (Phi) is 6.31. The molecule has 2 aliphatic rings. The molecule has 2 fully saturated rings. The zero-order valence-corrected chi connectivity index (χ0v) is 18.0. The minimum Gasteiger partial charge on any atom is -0.373 e. The Morgan fingerprint density at radius 2 is 2.10 bits per heavy atom. The molecule has 0 unspecified atom stereocenters. The van der Waals surface area contributed by atoms with Crippen molar-refractivity contribution < 1.29 is 4.79 Å². The first kappa shape index (κ1) is 21.0. The highest BCUT2D eigenvalue weighted by atomic mass is 16.2. The van der Waals surface area contributed by atoms with Gasteiger partial charge in [0, 0.05) is 57.1 Å². The molecule has 2 aromatic rings. The fourth-order valence-electron chi connectivity index (χ4n) is 3.72. The number of rotatable bonds is 9. The molecule has 9 heteroatoms. The summed E-state index contributed by atoms with van der Waals surface area (Å²) in [6.07, 6.45) is 9.01. The molecule has 2 aromatic heterocycles. The van der Waals surface area contributed by atoms with E-state index in [1.54, 1.807) is 19.3 Å². The number of pyridine rings is 1. The maximum atomic E-state index is 12.8. The van der Waals surface area contributed by atoms with Crippen molar-refractivity contribution >= 4 is 17.4 Å². The molecule has 0 aromatic carbocycles. The van der Waals surface area contributed by atoms with E-state index < -0.39 is 0 Å². The number of likely N-dealkylation sites (N-methyl/N-ethyl adjacent to an activating group) is 1. The molecule has 4 rings (SSSR count). The third kappa shape index (κ3) is 4.93. The molecule has 3 heterocycles. The van der Waals surface area contributed by atoms with E-state index in [-0.39, 0.29) is 17.5 Å². The summed E-state index contributed by atoms with van der Waals surface area (Å²) in [5, 5.41) is 6.00. The van der Waals surface area contributed by atoms with Gasteiger partial charge < -0.3 is 25.4 Å². The summed E-state index contributed by atoms with van der Waals surface area (Å²) in [6, 6.07) is 3.89. The van der Waals surface area contributed by atoms with Crippen molar-refractivity contribution in [3.05, 3.63) is 47.2 Å². The maximum Gasteiger partial charge on any atom is 0.271 e. The molecule has 9 nitrogen and oxygen atoms in total. The van der Waals surface area contributed by atoms with Gasteiger partial charge in [-0.25, -0.2) is 9.97 Å². The van der Waals surface area contributed by atoms with E-state index in [9.17, 15) is 9.59 Å². The fraction of sp³-hybridized carbons (Fsp3) is 0.455. The summed E-state index contributed by atoms with van der Waals surface area (Å²) >= 11 is 0. The Bertz CT molecular complexity index is 1010. The number of H-pyrrole nitrogens is 1. The second-order valence-electron chi connectivity index (χ2n) is 8.09. The van der Waals surface area contributed by atoms with Crippen LogP contribution in [-0.4, -0.2) is 72.1 Å². The first-order valence-electron chi connectivity index (χ1n) is 10.7. The van der Waals surface area contributed by atoms with Crippen LogP contribution in [0.1, 0.15) is 12.8 Å². The van der Waals surface area contributed by atoms with Crippen molar-refractivity contribution in [1.29, 1.82) is 0 Å². The summed E-state index contributed by atoms with van der Waals surface area (Å²) < 4.78 is 0. The second kappa shape index (κ2) is 9.30. The Labute approximate surface area is 181 Å². The average molecular weight is 424 g/mol. The lowest BCUT2D eigenvalue weighted by Gasteiger charge is -2.46. The van der Waals surface area contributed by atoms with Crippen LogP contribution >= 0.6 is 0 Å². The number of nitrogens with zero attached hydrogens (tertiary/aromatic N) is 4. The zero-order chi connectivity index (χ0) is 21.8. The van der Waals surface area contributed by atoms with Crippen LogP contribution < -0.4 is 21.1 Å². The van der Waals surface area contributed by atoms with Crippen LogP contribution in [0.3, 0.4) is 0 Å². The fourth-order valence-corrected chi connectivity index (χ4v) is 3.72. The second-order valence-corrected chi connectivity index (χ2v) is 8.09. The lowest BCUT2D eigenvalue weighted by molar-refractivity contribution is -0.130. The number of aromatic nitrogens is 3. The van der Waals surface area contributed by atoms with Crippen molar-refractivity contribution in [2.45, 2.75) is 18.9 Å². The largest absolute Gasteiger partial charge is 0.373 e. The lowest BCUT2D eigenvalue weighted by atomic mass is 10.0. The van der Waals surface area contributed by atoms with Crippen molar-refractivity contribution in [3.63, 3.8) is 0 Å². The molecule has 3 N–H and O–H groups in total. The summed E-state index contributed by atoms with van der Waals surface area (Å²) in [5.74, 6) is 1.34. The average Bonchev–Trinajstić information content (AvgIpc) is 3.57. The normalized spacial score (nSPS) is 16.4. The van der Waals surface area contributed by atoms with Gasteiger partial charge >= 0.3 is 0 Å². The van der Waals surface area contributed by atoms with E-state index in [0.717, 1.165) is 17.8 Å². The molecule has 1 saturated heterocycles. The maximum absolute atomic E-state index is 12.8. The lowest BCUT2D eigenvalue weighted by Crippen LogP contribution is -2.62. The van der Waals surface area contributed by atoms with Crippen LogP contribution in [0.2, 0.25) is 0 Å². The van der Waals surface area contributed by atoms with Gasteiger partial charge in [-0.15, -0.1) is 0 Å². The highest BCUT2D eigenvalue weighted by Crippen LogP contribution is 2.33. The highest BCUT2D eigenvalue weighted by molar-refractivity contribution is 5.88. The predicted molar refractivity (Wildman–Crippen MR) is 121 cm³/mol. The first-order valence-corrected chi connectivity index (χ1v) is 10.7. The van der Waals surface area contributed by atoms with Crippen LogP contribution in [-0.2, 0) is 4.79 Å². The number of amides is 1. The van der Waals surface area contributed by atoms with Crippen LogP contribution in [0.25, 0.3) is 11.3 Å². The number of nitrogens with one attached hydrogen (secondary N) is 3. The van der Waals surface area contributed by atoms with Gasteiger partial charge in [0.1, 0.15) is 17.8 Å². The van der Waals surface area contributed by atoms with E-state index >= 15 is 0 Å². The summed E-state index contributed by atoms with van der Waals surface area (Å²) in [6.45, 7) is 2.74. The smallest absolute Gasteiger partial charge is 0.271 e. The summed E-state index contributed by atoms with van der Waals surface area (Å²) in [4.78, 5) is 40.5. The van der Waals surface area contributed by atoms with Crippen molar-refractivity contribution in [1.82, 2.24) is 25.2 Å². The van der Waals surface area contributed by atoms with E-state index in [1.807, 2.05) is 30.2 Å². The third-order valence-electron chi connectivity index (χ3n) is 5.76. The third-order valence-corrected chi connectivity index (χ3v) is 5.76. The number of likely N-dealkylation sites (tertiary alicyclic amines) is 1. The Morgan fingerprint density at radius 3 is 2.81 bits per heavy atom. The van der Waals surface area contributed by atoms with Gasteiger partial charge in [-0.05, 0) is 31.9 Å². The summed E-state index contributed by atoms with van der Waals surface area (Å²) in [7, 11) is 3.65. The molecular weight excluding hydrogens is 394 g/mol. The summed E-state index contributed by atoms with van der Waals surface area (Å²) in [5.41, 5.74) is 2.09. The molecule has 0 atom stereocenters. The number of carbonyl (C=O) groups is 1. The first-order chi connectivity index (χ1) is 15.1. The van der Waals surface area contributed by atoms with Crippen LogP contribution in [0.5, 0.6) is 0 Å². The standard InChI is InChI=1S/C22H29N7O2/c1-23-7-3-4-21(30)28-12-17(13-28)29(11-15-5-6-15)19-8-16(10-25-22(19)31)18-9-20(24-2)27-14-26-18/h3-4,8-10,14-15,17,23H,5-7,11-13H2,1-2H3,(H,25,31)(H,24,26,27)/b4-3+. The van der Waals surface area contributed by atoms with Gasteiger partial charge in [0.25, 0.3) is 5.56 Å². The molecule has 1 saturated carbocycles. The van der Waals surface area contributed by atoms with E-state index in [2.05, 4.69) is 30.5 Å². The van der Waals surface area contributed by atoms with Gasteiger partial charge in [0.2, 0.25) is 5.91 Å². The zero-order valence-electron chi connectivity index (χ0n) is 18.0. The van der Waals surface area contributed by atoms with Crippen LogP contribution in [0, 0.1) is 5.92 Å². The van der Waals surface area contributed by atoms with Crippen molar-refractivity contribution in [2.24, 2.45) is 5.92 Å². The van der Waals surface area contributed by atoms with Gasteiger partial charge in [0.15, 0.2) is 0 Å². The molecule has 164 valence electrons. The van der Waals surface area contributed by atoms with Gasteiger partial charge in [-0.3, -0.25) is 9.59 Å². The monoisotopic (exact) mass is 423 g/mol. The number of hydrogen-bond donors (Lipinski definition) is 3. The topological polar surface area (TPSA) is 106 Å². The number of hydrogen-bond acceptors (Lipinski definition) is 7. The van der Waals surface area contributed by atoms with Gasteiger partial charge in [-0.1, -0.05) is 6.08 Å². The molecule has 0 radical (unpaired) electrons. The molecule has 1 aliphatic carbocycles.